The van der Waals surface area contributed by atoms with Gasteiger partial charge in [-0.15, -0.1) is 0 Å². The minimum Gasteiger partial charge on any atom is -0.396 e. The molecule has 1 aromatic heterocycles. The van der Waals surface area contributed by atoms with Crippen LogP contribution in [0.25, 0.3) is 0 Å². The Bertz CT molecular complexity index is 826. The molecule has 1 aliphatic heterocycles. The fraction of sp³-hybridized carbons (Fsp3) is 0.368. The number of pyridine rings is 1. The summed E-state index contributed by atoms with van der Waals surface area (Å²) in [6.07, 6.45) is 0.234. The molecular weight excluding hydrogens is 351 g/mol. The number of hydrogen-bond acceptors (Lipinski definition) is 5. The number of fused-ring (bicyclic) bond motifs is 1. The molecule has 27 heavy (non-hydrogen) atoms. The number of urea groups is 1. The Hall–Kier alpha value is -2.71. The maximum absolute atomic E-state index is 13.2. The number of anilines is 2. The topological polar surface area (TPSA) is 97.7 Å². The number of aliphatic hydroxyl groups excluding tert-OH is 2. The van der Waals surface area contributed by atoms with Gasteiger partial charge in [-0.1, -0.05) is 13.8 Å². The normalized spacial score (nSPS) is 14.6. The van der Waals surface area contributed by atoms with Gasteiger partial charge in [0.2, 0.25) is 0 Å². The van der Waals surface area contributed by atoms with Crippen molar-refractivity contribution in [2.45, 2.75) is 33.2 Å². The van der Waals surface area contributed by atoms with Crippen molar-refractivity contribution in [1.82, 2.24) is 9.88 Å². The Balaban J connectivity index is 1.58. The smallest absolute Gasteiger partial charge is 0.322 e. The Morgan fingerprint density at radius 1 is 1.30 bits per heavy atom. The van der Waals surface area contributed by atoms with Crippen molar-refractivity contribution in [2.75, 3.05) is 17.2 Å². The van der Waals surface area contributed by atoms with Crippen LogP contribution in [0.5, 0.6) is 0 Å². The van der Waals surface area contributed by atoms with Crippen LogP contribution in [0.15, 0.2) is 36.5 Å². The molecule has 0 saturated heterocycles. The van der Waals surface area contributed by atoms with Gasteiger partial charge in [0.15, 0.2) is 0 Å². The van der Waals surface area contributed by atoms with E-state index in [-0.39, 0.29) is 12.6 Å². The minimum atomic E-state index is -0.918. The van der Waals surface area contributed by atoms with Gasteiger partial charge in [-0.05, 0) is 35.9 Å². The van der Waals surface area contributed by atoms with Crippen LogP contribution in [0.1, 0.15) is 25.1 Å². The van der Waals surface area contributed by atoms with Crippen molar-refractivity contribution in [2.24, 2.45) is 5.41 Å². The number of nitrogens with one attached hydrogen (secondary N) is 2. The third-order valence-corrected chi connectivity index (χ3v) is 4.60. The van der Waals surface area contributed by atoms with Crippen LogP contribution in [0.3, 0.4) is 0 Å². The van der Waals surface area contributed by atoms with E-state index in [0.717, 1.165) is 6.20 Å². The number of halogens is 1. The molecule has 144 valence electrons. The molecule has 3 rings (SSSR count). The molecule has 0 saturated carbocycles. The van der Waals surface area contributed by atoms with Crippen molar-refractivity contribution >= 4 is 17.4 Å². The molecule has 2 aromatic rings. The second kappa shape index (κ2) is 7.50. The van der Waals surface area contributed by atoms with E-state index in [1.54, 1.807) is 43.0 Å². The van der Waals surface area contributed by atoms with Crippen LogP contribution in [0, 0.1) is 11.2 Å². The lowest BCUT2D eigenvalue weighted by atomic mass is 9.92. The summed E-state index contributed by atoms with van der Waals surface area (Å²) < 4.78 is 13.2. The molecule has 2 heterocycles. The molecule has 2 amide bonds. The second-order valence-electron chi connectivity index (χ2n) is 7.32. The predicted molar refractivity (Wildman–Crippen MR) is 99.4 cm³/mol. The maximum Gasteiger partial charge on any atom is 0.322 e. The van der Waals surface area contributed by atoms with Gasteiger partial charge in [0.05, 0.1) is 25.0 Å². The van der Waals surface area contributed by atoms with Gasteiger partial charge in [-0.2, -0.15) is 0 Å². The number of nitrogens with zero attached hydrogens (tertiary/aromatic N) is 2. The largest absolute Gasteiger partial charge is 0.396 e. The standard InChI is InChI=1S/C19H23FN4O3/c1-19(2,11-25)17(26)22-14-3-5-15(6-4-14)23-18(27)24-9-12-7-13(20)8-21-16(12)10-24/h3-8,17,22,25-26H,9-11H2,1-2H3,(H,23,27). The fourth-order valence-corrected chi connectivity index (χ4v) is 2.67. The average Bonchev–Trinajstić information content (AvgIpc) is 3.06. The quantitative estimate of drug-likeness (QED) is 0.603. The highest BCUT2D eigenvalue weighted by Gasteiger charge is 2.27. The number of aromatic nitrogens is 1. The van der Waals surface area contributed by atoms with Gasteiger partial charge >= 0.3 is 6.03 Å². The molecule has 0 radical (unpaired) electrons. The van der Waals surface area contributed by atoms with E-state index in [2.05, 4.69) is 15.6 Å². The minimum absolute atomic E-state index is 0.160. The van der Waals surface area contributed by atoms with Crippen molar-refractivity contribution in [3.8, 4) is 0 Å². The van der Waals surface area contributed by atoms with Gasteiger partial charge in [-0.3, -0.25) is 4.98 Å². The Morgan fingerprint density at radius 2 is 1.96 bits per heavy atom. The molecule has 7 nitrogen and oxygen atoms in total. The highest BCUT2D eigenvalue weighted by molar-refractivity contribution is 5.89. The zero-order valence-corrected chi connectivity index (χ0v) is 15.2. The lowest BCUT2D eigenvalue weighted by Gasteiger charge is -2.29. The number of amides is 2. The van der Waals surface area contributed by atoms with Crippen molar-refractivity contribution < 1.29 is 19.4 Å². The van der Waals surface area contributed by atoms with Gasteiger partial charge in [0, 0.05) is 23.3 Å². The first-order valence-corrected chi connectivity index (χ1v) is 8.63. The first-order chi connectivity index (χ1) is 12.8. The fourth-order valence-electron chi connectivity index (χ4n) is 2.67. The summed E-state index contributed by atoms with van der Waals surface area (Å²) in [7, 11) is 0. The third kappa shape index (κ3) is 4.35. The molecule has 1 unspecified atom stereocenters. The third-order valence-electron chi connectivity index (χ3n) is 4.60. The Morgan fingerprint density at radius 3 is 2.63 bits per heavy atom. The zero-order chi connectivity index (χ0) is 19.6. The average molecular weight is 374 g/mol. The first-order valence-electron chi connectivity index (χ1n) is 8.63. The molecule has 1 atom stereocenters. The predicted octanol–water partition coefficient (Wildman–Crippen LogP) is 2.52. The Kier molecular flexibility index (Phi) is 5.29. The highest BCUT2D eigenvalue weighted by atomic mass is 19.1. The number of aliphatic hydroxyl groups is 2. The summed E-state index contributed by atoms with van der Waals surface area (Å²) in [6.45, 7) is 3.98. The molecule has 0 aliphatic carbocycles. The summed E-state index contributed by atoms with van der Waals surface area (Å²) in [4.78, 5) is 18.0. The number of carbonyl (C=O) groups excluding carboxylic acids is 1. The molecule has 0 spiro atoms. The molecule has 1 aliphatic rings. The van der Waals surface area contributed by atoms with E-state index in [4.69, 9.17) is 0 Å². The van der Waals surface area contributed by atoms with Crippen LogP contribution >= 0.6 is 0 Å². The number of benzene rings is 1. The highest BCUT2D eigenvalue weighted by Crippen LogP contribution is 2.24. The molecule has 4 N–H and O–H groups in total. The van der Waals surface area contributed by atoms with E-state index < -0.39 is 17.5 Å². The van der Waals surface area contributed by atoms with E-state index >= 15 is 0 Å². The van der Waals surface area contributed by atoms with Crippen LogP contribution in [-0.2, 0) is 13.1 Å². The Labute approximate surface area is 156 Å². The second-order valence-corrected chi connectivity index (χ2v) is 7.32. The van der Waals surface area contributed by atoms with Crippen LogP contribution in [-0.4, -0.2) is 39.0 Å². The molecule has 0 fully saturated rings. The van der Waals surface area contributed by atoms with E-state index in [1.165, 1.54) is 6.07 Å². The number of carbonyl (C=O) groups is 1. The van der Waals surface area contributed by atoms with E-state index in [1.807, 2.05) is 0 Å². The van der Waals surface area contributed by atoms with Gasteiger partial charge in [-0.25, -0.2) is 9.18 Å². The van der Waals surface area contributed by atoms with Crippen molar-refractivity contribution in [1.29, 1.82) is 0 Å². The lowest BCUT2D eigenvalue weighted by Crippen LogP contribution is -2.38. The van der Waals surface area contributed by atoms with Gasteiger partial charge in [0.25, 0.3) is 0 Å². The molecule has 8 heteroatoms. The molecular formula is C19H23FN4O3. The van der Waals surface area contributed by atoms with Gasteiger partial charge < -0.3 is 25.7 Å². The van der Waals surface area contributed by atoms with Gasteiger partial charge in [0.1, 0.15) is 12.0 Å². The monoisotopic (exact) mass is 374 g/mol. The first kappa shape index (κ1) is 19.1. The van der Waals surface area contributed by atoms with E-state index in [0.29, 0.717) is 35.7 Å². The van der Waals surface area contributed by atoms with Crippen LogP contribution < -0.4 is 10.6 Å². The lowest BCUT2D eigenvalue weighted by molar-refractivity contribution is 0.0261. The van der Waals surface area contributed by atoms with Crippen LogP contribution in [0.4, 0.5) is 20.6 Å². The van der Waals surface area contributed by atoms with Crippen molar-refractivity contribution in [3.05, 3.63) is 53.6 Å². The number of rotatable bonds is 5. The number of hydrogen-bond donors (Lipinski definition) is 4. The van der Waals surface area contributed by atoms with Crippen molar-refractivity contribution in [3.63, 3.8) is 0 Å². The summed E-state index contributed by atoms with van der Waals surface area (Å²) in [6, 6.07) is 7.97. The zero-order valence-electron chi connectivity index (χ0n) is 15.2. The molecule has 1 aromatic carbocycles. The summed E-state index contributed by atoms with van der Waals surface area (Å²) in [5.41, 5.74) is 1.98. The summed E-state index contributed by atoms with van der Waals surface area (Å²) in [5, 5.41) is 25.1. The maximum atomic E-state index is 13.2. The summed E-state index contributed by atoms with van der Waals surface area (Å²) >= 11 is 0. The SMILES string of the molecule is CC(C)(CO)C(O)Nc1ccc(NC(=O)N2Cc3cc(F)cnc3C2)cc1. The van der Waals surface area contributed by atoms with E-state index in [9.17, 15) is 19.4 Å². The molecule has 0 bridgehead atoms. The van der Waals surface area contributed by atoms with Crippen LogP contribution in [0.2, 0.25) is 0 Å². The summed E-state index contributed by atoms with van der Waals surface area (Å²) in [5.74, 6) is -0.411.